The average molecular weight is 361 g/mol. The molecule has 0 N–H and O–H groups in total. The van der Waals surface area contributed by atoms with Crippen molar-refractivity contribution in [1.82, 2.24) is 25.1 Å². The number of aryl methyl sites for hydroxylation is 1. The van der Waals surface area contributed by atoms with E-state index in [-0.39, 0.29) is 0 Å². The minimum atomic E-state index is 0.344. The van der Waals surface area contributed by atoms with Gasteiger partial charge in [0.1, 0.15) is 5.75 Å². The van der Waals surface area contributed by atoms with Crippen LogP contribution in [0.3, 0.4) is 0 Å². The van der Waals surface area contributed by atoms with E-state index >= 15 is 0 Å². The maximum absolute atomic E-state index is 5.43. The number of ether oxygens (including phenoxy) is 1. The van der Waals surface area contributed by atoms with E-state index in [2.05, 4.69) is 39.5 Å². The highest BCUT2D eigenvalue weighted by molar-refractivity contribution is 5.60. The van der Waals surface area contributed by atoms with Crippen LogP contribution in [0.15, 0.2) is 53.1 Å². The first-order chi connectivity index (χ1) is 13.2. The molecule has 0 fully saturated rings. The van der Waals surface area contributed by atoms with Crippen LogP contribution in [0.5, 0.6) is 5.75 Å². The van der Waals surface area contributed by atoms with Gasteiger partial charge in [-0.15, -0.1) is 5.10 Å². The minimum Gasteiger partial charge on any atom is -0.497 e. The highest BCUT2D eigenvalue weighted by Gasteiger charge is 2.19. The lowest BCUT2D eigenvalue weighted by molar-refractivity contribution is 0.414. The van der Waals surface area contributed by atoms with E-state index in [1.54, 1.807) is 11.8 Å². The number of hydrogen-bond acceptors (Lipinski definition) is 6. The monoisotopic (exact) mass is 361 g/mol. The van der Waals surface area contributed by atoms with Crippen LogP contribution in [0.4, 0.5) is 0 Å². The molecule has 2 heterocycles. The van der Waals surface area contributed by atoms with Gasteiger partial charge in [-0.05, 0) is 55.3 Å². The summed E-state index contributed by atoms with van der Waals surface area (Å²) in [6, 6.07) is 15.7. The molecule has 0 aliphatic rings. The zero-order chi connectivity index (χ0) is 18.8. The van der Waals surface area contributed by atoms with Crippen molar-refractivity contribution in [3.63, 3.8) is 0 Å². The van der Waals surface area contributed by atoms with Gasteiger partial charge in [-0.3, -0.25) is 0 Å². The lowest BCUT2D eigenvalue weighted by atomic mass is 10.1. The summed E-state index contributed by atoms with van der Waals surface area (Å²) in [5, 5.41) is 12.6. The maximum Gasteiger partial charge on any atom is 0.280 e. The summed E-state index contributed by atoms with van der Waals surface area (Å²) in [6.45, 7) is 4.06. The first kappa shape index (κ1) is 17.0. The van der Waals surface area contributed by atoms with Crippen molar-refractivity contribution >= 4 is 0 Å². The average Bonchev–Trinajstić information content (AvgIpc) is 3.35. The van der Waals surface area contributed by atoms with E-state index < -0.39 is 0 Å². The standard InChI is InChI=1S/C20H19N5O2/c1-4-14-6-5-7-16(12-14)25-13(2)18(22-24-25)20-21-19(23-27-20)15-8-10-17(26-3)11-9-15/h5-12H,4H2,1-3H3. The molecule has 2 aromatic heterocycles. The fourth-order valence-corrected chi connectivity index (χ4v) is 2.86. The van der Waals surface area contributed by atoms with Gasteiger partial charge in [0.05, 0.1) is 18.5 Å². The van der Waals surface area contributed by atoms with Gasteiger partial charge in [-0.1, -0.05) is 29.4 Å². The van der Waals surface area contributed by atoms with E-state index in [4.69, 9.17) is 9.26 Å². The van der Waals surface area contributed by atoms with Crippen molar-refractivity contribution in [2.75, 3.05) is 7.11 Å². The molecule has 27 heavy (non-hydrogen) atoms. The number of nitrogens with zero attached hydrogens (tertiary/aromatic N) is 5. The third-order valence-corrected chi connectivity index (χ3v) is 4.43. The van der Waals surface area contributed by atoms with Gasteiger partial charge < -0.3 is 9.26 Å². The van der Waals surface area contributed by atoms with Crippen molar-refractivity contribution < 1.29 is 9.26 Å². The summed E-state index contributed by atoms with van der Waals surface area (Å²) in [6.07, 6.45) is 0.962. The molecule has 0 saturated carbocycles. The number of hydrogen-bond donors (Lipinski definition) is 0. The fourth-order valence-electron chi connectivity index (χ4n) is 2.86. The van der Waals surface area contributed by atoms with Gasteiger partial charge in [-0.2, -0.15) is 4.98 Å². The molecule has 0 spiro atoms. The number of aromatic nitrogens is 5. The molecule has 7 heteroatoms. The molecule has 0 bridgehead atoms. The van der Waals surface area contributed by atoms with Crippen LogP contribution in [0, 0.1) is 6.92 Å². The normalized spacial score (nSPS) is 10.9. The zero-order valence-electron chi connectivity index (χ0n) is 15.4. The minimum absolute atomic E-state index is 0.344. The molecule has 0 radical (unpaired) electrons. The fraction of sp³-hybridized carbons (Fsp3) is 0.200. The molecule has 0 saturated heterocycles. The van der Waals surface area contributed by atoms with Crippen LogP contribution in [-0.2, 0) is 6.42 Å². The predicted molar refractivity (Wildman–Crippen MR) is 101 cm³/mol. The molecule has 0 aliphatic carbocycles. The van der Waals surface area contributed by atoms with Crippen molar-refractivity contribution in [3.05, 3.63) is 59.8 Å². The van der Waals surface area contributed by atoms with Gasteiger partial charge in [-0.25, -0.2) is 4.68 Å². The van der Waals surface area contributed by atoms with E-state index in [1.807, 2.05) is 43.3 Å². The first-order valence-corrected chi connectivity index (χ1v) is 8.69. The molecule has 4 rings (SSSR count). The predicted octanol–water partition coefficient (Wildman–Crippen LogP) is 3.86. The van der Waals surface area contributed by atoms with E-state index in [1.165, 1.54) is 5.56 Å². The van der Waals surface area contributed by atoms with Crippen LogP contribution in [0.25, 0.3) is 28.7 Å². The second-order valence-electron chi connectivity index (χ2n) is 6.11. The number of methoxy groups -OCH3 is 1. The Labute approximate surface area is 156 Å². The lowest BCUT2D eigenvalue weighted by Gasteiger charge is -2.05. The number of benzene rings is 2. The highest BCUT2D eigenvalue weighted by Crippen LogP contribution is 2.25. The Bertz CT molecular complexity index is 1070. The Morgan fingerprint density at radius 2 is 1.93 bits per heavy atom. The van der Waals surface area contributed by atoms with Crippen LogP contribution < -0.4 is 4.74 Å². The SMILES string of the molecule is CCc1cccc(-n2nnc(-c3nc(-c4ccc(OC)cc4)no3)c2C)c1. The molecule has 0 unspecified atom stereocenters. The summed E-state index contributed by atoms with van der Waals surface area (Å²) in [5.41, 5.74) is 4.45. The Hall–Kier alpha value is -3.48. The zero-order valence-corrected chi connectivity index (χ0v) is 15.4. The summed E-state index contributed by atoms with van der Waals surface area (Å²) in [7, 11) is 1.63. The van der Waals surface area contributed by atoms with E-state index in [9.17, 15) is 0 Å². The van der Waals surface area contributed by atoms with Gasteiger partial charge >= 0.3 is 0 Å². The van der Waals surface area contributed by atoms with Crippen LogP contribution >= 0.6 is 0 Å². The van der Waals surface area contributed by atoms with Crippen molar-refractivity contribution in [2.45, 2.75) is 20.3 Å². The molecule has 4 aromatic rings. The Balaban J connectivity index is 1.66. The summed E-state index contributed by atoms with van der Waals surface area (Å²) in [4.78, 5) is 4.47. The molecule has 7 nitrogen and oxygen atoms in total. The van der Waals surface area contributed by atoms with Crippen molar-refractivity contribution in [1.29, 1.82) is 0 Å². The summed E-state index contributed by atoms with van der Waals surface area (Å²) >= 11 is 0. The maximum atomic E-state index is 5.43. The van der Waals surface area contributed by atoms with Gasteiger partial charge in [0.15, 0.2) is 5.69 Å². The first-order valence-electron chi connectivity index (χ1n) is 8.69. The Morgan fingerprint density at radius 1 is 1.11 bits per heavy atom. The molecule has 0 amide bonds. The van der Waals surface area contributed by atoms with Crippen LogP contribution in [0.1, 0.15) is 18.2 Å². The van der Waals surface area contributed by atoms with Crippen molar-refractivity contribution in [2.24, 2.45) is 0 Å². The Morgan fingerprint density at radius 3 is 2.67 bits per heavy atom. The third-order valence-electron chi connectivity index (χ3n) is 4.43. The van der Waals surface area contributed by atoms with E-state index in [0.29, 0.717) is 17.4 Å². The molecule has 2 aromatic carbocycles. The number of rotatable bonds is 5. The van der Waals surface area contributed by atoms with E-state index in [0.717, 1.165) is 29.1 Å². The molecule has 0 atom stereocenters. The van der Waals surface area contributed by atoms with Crippen molar-refractivity contribution in [3.8, 4) is 34.4 Å². The molecular weight excluding hydrogens is 342 g/mol. The van der Waals surface area contributed by atoms with Crippen LogP contribution in [-0.4, -0.2) is 32.2 Å². The summed E-state index contributed by atoms with van der Waals surface area (Å²) in [5.74, 6) is 1.61. The third kappa shape index (κ3) is 3.19. The second-order valence-corrected chi connectivity index (χ2v) is 6.11. The van der Waals surface area contributed by atoms with Crippen LogP contribution in [0.2, 0.25) is 0 Å². The smallest absolute Gasteiger partial charge is 0.280 e. The van der Waals surface area contributed by atoms with Gasteiger partial charge in [0, 0.05) is 5.56 Å². The quantitative estimate of drug-likeness (QED) is 0.537. The second kappa shape index (κ2) is 7.03. The topological polar surface area (TPSA) is 78.9 Å². The molecular formula is C20H19N5O2. The summed E-state index contributed by atoms with van der Waals surface area (Å²) < 4.78 is 12.4. The largest absolute Gasteiger partial charge is 0.497 e. The molecule has 0 aliphatic heterocycles. The highest BCUT2D eigenvalue weighted by atomic mass is 16.5. The lowest BCUT2D eigenvalue weighted by Crippen LogP contribution is -1.99. The van der Waals surface area contributed by atoms with Gasteiger partial charge in [0.25, 0.3) is 5.89 Å². The Kier molecular flexibility index (Phi) is 4.42. The van der Waals surface area contributed by atoms with Gasteiger partial charge in [0.2, 0.25) is 5.82 Å². The molecule has 136 valence electrons.